The molecule has 1 aliphatic rings. The van der Waals surface area contributed by atoms with E-state index in [0.29, 0.717) is 36.4 Å². The van der Waals surface area contributed by atoms with Crippen molar-refractivity contribution < 1.29 is 94.3 Å². The standard InChI is InChI=1S/C28H23NO19/c30-8-29-28(48-27(44)11-5-16(35)21(39)17(36)6-11)24(41)23(46-26(43)10-3-14(33)20(38)15(34)4-10)22(40)18(47-28)7-45-25(42)9-1-12(31)19(37)13(32)2-9/h1-6,18,22-24,31-41H,7H2/t18-,22-,23+,24-,28+/m1/s1. The first-order valence-corrected chi connectivity index (χ1v) is 13.0. The number of hydrogen-bond donors (Lipinski definition) is 11. The molecule has 3 aromatic rings. The number of hydrogen-bond acceptors (Lipinski definition) is 20. The first-order chi connectivity index (χ1) is 22.5. The quantitative estimate of drug-likeness (QED) is 0.0465. The van der Waals surface area contributed by atoms with Crippen molar-refractivity contribution >= 4 is 24.0 Å². The second-order valence-corrected chi connectivity index (χ2v) is 9.87. The summed E-state index contributed by atoms with van der Waals surface area (Å²) < 4.78 is 20.5. The molecule has 20 heteroatoms. The van der Waals surface area contributed by atoms with E-state index >= 15 is 0 Å². The number of esters is 3. The molecular formula is C28H23NO19. The molecule has 0 radical (unpaired) electrons. The molecule has 48 heavy (non-hydrogen) atoms. The van der Waals surface area contributed by atoms with Crippen molar-refractivity contribution in [3.63, 3.8) is 0 Å². The first kappa shape index (κ1) is 34.4. The van der Waals surface area contributed by atoms with Gasteiger partial charge in [-0.2, -0.15) is 0 Å². The van der Waals surface area contributed by atoms with Gasteiger partial charge in [0.15, 0.2) is 64.0 Å². The summed E-state index contributed by atoms with van der Waals surface area (Å²) in [6, 6.07) is 3.72. The molecular weight excluding hydrogens is 654 g/mol. The van der Waals surface area contributed by atoms with Crippen molar-refractivity contribution in [2.24, 2.45) is 4.99 Å². The van der Waals surface area contributed by atoms with Gasteiger partial charge < -0.3 is 75.1 Å². The van der Waals surface area contributed by atoms with Crippen LogP contribution in [0.2, 0.25) is 0 Å². The number of phenols is 9. The van der Waals surface area contributed by atoms with Crippen LogP contribution >= 0.6 is 0 Å². The van der Waals surface area contributed by atoms with Crippen molar-refractivity contribution in [1.29, 1.82) is 0 Å². The van der Waals surface area contributed by atoms with Gasteiger partial charge in [0.25, 0.3) is 0 Å². The van der Waals surface area contributed by atoms with Crippen LogP contribution in [0.4, 0.5) is 0 Å². The minimum absolute atomic E-state index is 0.557. The Morgan fingerprint density at radius 2 is 1.08 bits per heavy atom. The Balaban J connectivity index is 1.72. The summed E-state index contributed by atoms with van der Waals surface area (Å²) in [7, 11) is 0. The SMILES string of the molecule is O=C=N[C@]1(OC(=O)c2cc(O)c(O)c(O)c2)O[C@H](COC(=O)c2cc(O)c(O)c(O)c2)[C@@H](O)[C@H](OC(=O)c2cc(O)c(O)c(O)c2)[C@H]1O. The Hall–Kier alpha value is -6.47. The van der Waals surface area contributed by atoms with Gasteiger partial charge in [-0.25, -0.2) is 19.2 Å². The van der Waals surface area contributed by atoms with E-state index in [1.54, 1.807) is 0 Å². The van der Waals surface area contributed by atoms with E-state index in [4.69, 9.17) is 18.9 Å². The maximum atomic E-state index is 13.0. The lowest BCUT2D eigenvalue weighted by Gasteiger charge is -2.45. The molecule has 0 saturated carbocycles. The fraction of sp³-hybridized carbons (Fsp3) is 0.214. The number of carbonyl (C=O) groups is 3. The van der Waals surface area contributed by atoms with Crippen LogP contribution in [0.1, 0.15) is 31.1 Å². The highest BCUT2D eigenvalue weighted by atomic mass is 16.8. The molecule has 3 aromatic carbocycles. The van der Waals surface area contributed by atoms with Gasteiger partial charge in [-0.1, -0.05) is 0 Å². The molecule has 1 fully saturated rings. The molecule has 1 heterocycles. The van der Waals surface area contributed by atoms with Gasteiger partial charge in [-0.05, 0) is 36.4 Å². The van der Waals surface area contributed by atoms with Crippen LogP contribution < -0.4 is 0 Å². The second-order valence-electron chi connectivity index (χ2n) is 9.87. The fourth-order valence-corrected chi connectivity index (χ4v) is 4.28. The Morgan fingerprint density at radius 3 is 1.50 bits per heavy atom. The molecule has 0 bridgehead atoms. The highest BCUT2D eigenvalue weighted by Crippen LogP contribution is 2.40. The van der Waals surface area contributed by atoms with Gasteiger partial charge >= 0.3 is 23.8 Å². The first-order valence-electron chi connectivity index (χ1n) is 13.0. The normalized spacial score (nSPS) is 21.8. The zero-order chi connectivity index (χ0) is 35.7. The summed E-state index contributed by atoms with van der Waals surface area (Å²) in [6.45, 7) is -1.11. The summed E-state index contributed by atoms with van der Waals surface area (Å²) >= 11 is 0. The topological polar surface area (TPSA) is 340 Å². The van der Waals surface area contributed by atoms with Crippen LogP contribution in [0.5, 0.6) is 51.7 Å². The Labute approximate surface area is 265 Å². The van der Waals surface area contributed by atoms with E-state index < -0.39 is 123 Å². The average Bonchev–Trinajstić information content (AvgIpc) is 3.03. The summed E-state index contributed by atoms with van der Waals surface area (Å²) in [5.41, 5.74) is -1.98. The largest absolute Gasteiger partial charge is 0.504 e. The minimum atomic E-state index is -3.32. The third kappa shape index (κ3) is 6.57. The van der Waals surface area contributed by atoms with E-state index in [0.717, 1.165) is 6.08 Å². The molecule has 4 rings (SSSR count). The average molecular weight is 677 g/mol. The Bertz CT molecular complexity index is 1770. The third-order valence-corrected chi connectivity index (χ3v) is 6.70. The molecule has 5 atom stereocenters. The van der Waals surface area contributed by atoms with Crippen molar-refractivity contribution in [1.82, 2.24) is 0 Å². The zero-order valence-electron chi connectivity index (χ0n) is 23.6. The van der Waals surface area contributed by atoms with Crippen LogP contribution in [0, 0.1) is 0 Å². The van der Waals surface area contributed by atoms with E-state index in [9.17, 15) is 75.3 Å². The number of isocyanates is 1. The lowest BCUT2D eigenvalue weighted by Crippen LogP contribution is -2.67. The van der Waals surface area contributed by atoms with Gasteiger partial charge in [-0.3, -0.25) is 0 Å². The van der Waals surface area contributed by atoms with E-state index in [2.05, 4.69) is 4.99 Å². The number of aliphatic imine (C=N–C) groups is 1. The van der Waals surface area contributed by atoms with Crippen molar-refractivity contribution in [3.05, 3.63) is 53.1 Å². The number of phenolic OH excluding ortho intramolecular Hbond substituents is 9. The number of aliphatic hydroxyl groups is 2. The van der Waals surface area contributed by atoms with Gasteiger partial charge in [0.2, 0.25) is 6.08 Å². The highest BCUT2D eigenvalue weighted by molar-refractivity contribution is 5.92. The molecule has 0 spiro atoms. The molecule has 254 valence electrons. The molecule has 0 amide bonds. The van der Waals surface area contributed by atoms with E-state index in [-0.39, 0.29) is 0 Å². The Morgan fingerprint density at radius 1 is 0.688 bits per heavy atom. The summed E-state index contributed by atoms with van der Waals surface area (Å²) in [6.07, 6.45) is -8.37. The fourth-order valence-electron chi connectivity index (χ4n) is 4.28. The molecule has 0 aromatic heterocycles. The molecule has 20 nitrogen and oxygen atoms in total. The lowest BCUT2D eigenvalue weighted by atomic mass is 9.96. The number of nitrogens with zero attached hydrogens (tertiary/aromatic N) is 1. The maximum absolute atomic E-state index is 13.0. The highest BCUT2D eigenvalue weighted by Gasteiger charge is 2.60. The molecule has 0 aliphatic carbocycles. The zero-order valence-corrected chi connectivity index (χ0v) is 23.6. The lowest BCUT2D eigenvalue weighted by molar-refractivity contribution is -0.341. The monoisotopic (exact) mass is 677 g/mol. The van der Waals surface area contributed by atoms with Gasteiger partial charge in [0.05, 0.1) is 16.7 Å². The number of carbonyl (C=O) groups excluding carboxylic acids is 4. The molecule has 1 saturated heterocycles. The number of aromatic hydroxyl groups is 9. The predicted molar refractivity (Wildman–Crippen MR) is 147 cm³/mol. The van der Waals surface area contributed by atoms with Crippen molar-refractivity contribution in [3.8, 4) is 51.7 Å². The summed E-state index contributed by atoms with van der Waals surface area (Å²) in [5.74, 6) is -16.8. The minimum Gasteiger partial charge on any atom is -0.504 e. The smallest absolute Gasteiger partial charge is 0.356 e. The third-order valence-electron chi connectivity index (χ3n) is 6.70. The van der Waals surface area contributed by atoms with Crippen molar-refractivity contribution in [2.45, 2.75) is 30.3 Å². The van der Waals surface area contributed by atoms with Crippen LogP contribution in [-0.4, -0.2) is 117 Å². The van der Waals surface area contributed by atoms with Gasteiger partial charge in [0, 0.05) is 0 Å². The summed E-state index contributed by atoms with van der Waals surface area (Å²) in [5, 5.41) is 109. The van der Waals surface area contributed by atoms with E-state index in [1.165, 1.54) is 0 Å². The van der Waals surface area contributed by atoms with Gasteiger partial charge in [0.1, 0.15) is 18.8 Å². The van der Waals surface area contributed by atoms with E-state index in [1.807, 2.05) is 0 Å². The summed E-state index contributed by atoms with van der Waals surface area (Å²) in [4.78, 5) is 53.3. The number of rotatable bonds is 8. The second kappa shape index (κ2) is 13.1. The van der Waals surface area contributed by atoms with Crippen molar-refractivity contribution in [2.75, 3.05) is 6.61 Å². The number of aliphatic hydroxyl groups excluding tert-OH is 2. The predicted octanol–water partition coefficient (Wildman–Crippen LogP) is -0.613. The van der Waals surface area contributed by atoms with Crippen LogP contribution in [0.15, 0.2) is 41.4 Å². The number of benzene rings is 3. The molecule has 1 aliphatic heterocycles. The van der Waals surface area contributed by atoms with Gasteiger partial charge in [-0.15, -0.1) is 4.99 Å². The van der Waals surface area contributed by atoms with Crippen LogP contribution in [-0.2, 0) is 23.7 Å². The Kier molecular flexibility index (Phi) is 9.39. The maximum Gasteiger partial charge on any atom is 0.356 e. The molecule has 0 unspecified atom stereocenters. The van der Waals surface area contributed by atoms with Crippen LogP contribution in [0.3, 0.4) is 0 Å². The van der Waals surface area contributed by atoms with Crippen LogP contribution in [0.25, 0.3) is 0 Å². The number of ether oxygens (including phenoxy) is 4. The molecule has 11 N–H and O–H groups in total.